The van der Waals surface area contributed by atoms with E-state index in [-0.39, 0.29) is 6.61 Å². The molecule has 0 aliphatic carbocycles. The Morgan fingerprint density at radius 3 is 1.49 bits per heavy atom. The SMILES string of the molecule is COC(=O)[C@H](CO[C@@H]1O[C@H](COC(C)=O)[C@@H](O[C@@H]2O[C@H](COC(C)=O)[C@H](OC(C)=O)[C@H](OC(C)=O)[C@H]2OC(C)=O)[C@H](OC(C)=O)[C@H]1OC(C)=O)NC(=O)OCc1ccccc1. The van der Waals surface area contributed by atoms with E-state index in [1.807, 2.05) is 0 Å². The molecular weight excluding hydrogens is 822 g/mol. The number of methoxy groups -OCH3 is 1. The molecule has 23 nitrogen and oxygen atoms in total. The largest absolute Gasteiger partial charge is 0.467 e. The van der Waals surface area contributed by atoms with Crippen LogP contribution in [0.1, 0.15) is 54.0 Å². The maximum absolute atomic E-state index is 12.8. The summed E-state index contributed by atoms with van der Waals surface area (Å²) in [6.07, 6.45) is -18.2. The summed E-state index contributed by atoms with van der Waals surface area (Å²) in [5.74, 6) is -7.42. The highest BCUT2D eigenvalue weighted by molar-refractivity contribution is 5.81. The zero-order chi connectivity index (χ0) is 45.4. The van der Waals surface area contributed by atoms with Gasteiger partial charge in [0.1, 0.15) is 38.1 Å². The van der Waals surface area contributed by atoms with Crippen molar-refractivity contribution in [2.75, 3.05) is 26.9 Å². The summed E-state index contributed by atoms with van der Waals surface area (Å²) in [5, 5.41) is 2.31. The van der Waals surface area contributed by atoms with E-state index < -0.39 is 141 Å². The molecule has 338 valence electrons. The molecule has 0 bridgehead atoms. The fraction of sp³-hybridized carbons (Fsp3) is 0.605. The molecule has 0 radical (unpaired) electrons. The van der Waals surface area contributed by atoms with Crippen LogP contribution in [0.4, 0.5) is 4.79 Å². The number of esters is 8. The van der Waals surface area contributed by atoms with Gasteiger partial charge in [-0.25, -0.2) is 9.59 Å². The van der Waals surface area contributed by atoms with Crippen molar-refractivity contribution >= 4 is 53.8 Å². The van der Waals surface area contributed by atoms with E-state index in [4.69, 9.17) is 61.6 Å². The second-order valence-corrected chi connectivity index (χ2v) is 13.3. The quantitative estimate of drug-likeness (QED) is 0.151. The molecule has 0 aromatic heterocycles. The summed E-state index contributed by atoms with van der Waals surface area (Å²) in [6.45, 7) is 4.88. The number of rotatable bonds is 18. The Morgan fingerprint density at radius 1 is 0.557 bits per heavy atom. The minimum Gasteiger partial charge on any atom is -0.467 e. The molecule has 61 heavy (non-hydrogen) atoms. The van der Waals surface area contributed by atoms with Crippen LogP contribution in [0.5, 0.6) is 0 Å². The van der Waals surface area contributed by atoms with Crippen molar-refractivity contribution in [2.45, 2.75) is 123 Å². The fourth-order valence-corrected chi connectivity index (χ4v) is 6.02. The Labute approximate surface area is 349 Å². The smallest absolute Gasteiger partial charge is 0.408 e. The highest BCUT2D eigenvalue weighted by atomic mass is 16.8. The Bertz CT molecular complexity index is 1720. The number of amides is 1. The zero-order valence-corrected chi connectivity index (χ0v) is 34.5. The first kappa shape index (κ1) is 49.5. The van der Waals surface area contributed by atoms with Gasteiger partial charge in [-0.3, -0.25) is 33.6 Å². The molecule has 2 fully saturated rings. The van der Waals surface area contributed by atoms with Crippen molar-refractivity contribution in [1.29, 1.82) is 0 Å². The first-order valence-corrected chi connectivity index (χ1v) is 18.5. The van der Waals surface area contributed by atoms with Gasteiger partial charge in [0.15, 0.2) is 49.1 Å². The maximum Gasteiger partial charge on any atom is 0.408 e. The molecule has 2 aliphatic rings. The minimum atomic E-state index is -1.91. The van der Waals surface area contributed by atoms with E-state index in [0.29, 0.717) is 5.56 Å². The monoisotopic (exact) mass is 871 g/mol. The first-order chi connectivity index (χ1) is 28.8. The van der Waals surface area contributed by atoms with E-state index in [1.54, 1.807) is 30.3 Å². The second kappa shape index (κ2) is 23.8. The van der Waals surface area contributed by atoms with E-state index >= 15 is 0 Å². The lowest BCUT2D eigenvalue weighted by molar-refractivity contribution is -0.361. The maximum atomic E-state index is 12.8. The number of ether oxygens (including phenoxy) is 13. The molecule has 2 saturated heterocycles. The third-order valence-corrected chi connectivity index (χ3v) is 8.30. The molecule has 2 aliphatic heterocycles. The van der Waals surface area contributed by atoms with Gasteiger partial charge in [0.2, 0.25) is 0 Å². The van der Waals surface area contributed by atoms with Crippen LogP contribution in [0.25, 0.3) is 0 Å². The molecule has 23 heteroatoms. The van der Waals surface area contributed by atoms with Gasteiger partial charge in [-0.2, -0.15) is 0 Å². The number of hydrogen-bond donors (Lipinski definition) is 1. The van der Waals surface area contributed by atoms with Gasteiger partial charge in [-0.1, -0.05) is 30.3 Å². The van der Waals surface area contributed by atoms with Gasteiger partial charge >= 0.3 is 53.8 Å². The first-order valence-electron chi connectivity index (χ1n) is 18.5. The summed E-state index contributed by atoms with van der Waals surface area (Å²) < 4.78 is 72.2. The zero-order valence-electron chi connectivity index (χ0n) is 34.5. The van der Waals surface area contributed by atoms with Gasteiger partial charge in [0.25, 0.3) is 0 Å². The third-order valence-electron chi connectivity index (χ3n) is 8.30. The molecule has 1 amide bonds. The molecule has 0 spiro atoms. The predicted molar refractivity (Wildman–Crippen MR) is 195 cm³/mol. The molecule has 1 N–H and O–H groups in total. The molecule has 3 rings (SSSR count). The van der Waals surface area contributed by atoms with Crippen LogP contribution < -0.4 is 5.32 Å². The van der Waals surface area contributed by atoms with Crippen LogP contribution >= 0.6 is 0 Å². The lowest BCUT2D eigenvalue weighted by Crippen LogP contribution is -2.67. The van der Waals surface area contributed by atoms with Crippen LogP contribution in [0.15, 0.2) is 30.3 Å². The van der Waals surface area contributed by atoms with Crippen molar-refractivity contribution in [3.8, 4) is 0 Å². The van der Waals surface area contributed by atoms with Gasteiger partial charge < -0.3 is 66.9 Å². The predicted octanol–water partition coefficient (Wildman–Crippen LogP) is 0.0907. The van der Waals surface area contributed by atoms with Gasteiger partial charge in [-0.15, -0.1) is 0 Å². The molecule has 1 aromatic carbocycles. The Hall–Kier alpha value is -5.91. The highest BCUT2D eigenvalue weighted by Gasteiger charge is 2.57. The average molecular weight is 872 g/mol. The summed E-state index contributed by atoms with van der Waals surface area (Å²) in [7, 11) is 1.03. The lowest BCUT2D eigenvalue weighted by atomic mass is 9.96. The van der Waals surface area contributed by atoms with Gasteiger partial charge in [0, 0.05) is 48.5 Å². The van der Waals surface area contributed by atoms with Crippen LogP contribution in [-0.2, 0) is 107 Å². The van der Waals surface area contributed by atoms with Crippen LogP contribution in [-0.4, -0.2) is 148 Å². The average Bonchev–Trinajstić information content (AvgIpc) is 3.17. The number of carbonyl (C=O) groups excluding carboxylic acids is 9. The number of alkyl carbamates (subject to hydrolysis) is 1. The standard InChI is InChI=1S/C38H49NO22/c1-18(40)50-16-27-29(54-20(3)42)31(55-21(4)43)34(58-24(7)46)37(60-27)61-30-28(17-51-19(2)41)59-36(33(57-23(6)45)32(30)56-22(5)44)52-15-26(35(47)49-8)39-38(48)53-14-25-12-10-9-11-13-25/h9-13,26-34,36-37H,14-17H2,1-8H3,(H,39,48)/t26-,27+,28+,29-,30+,31-,32-,33+,34+,36+,37-/m0/s1. The summed E-state index contributed by atoms with van der Waals surface area (Å²) in [5.41, 5.74) is 0.638. The Kier molecular flexibility index (Phi) is 19.3. The van der Waals surface area contributed by atoms with Crippen molar-refractivity contribution in [1.82, 2.24) is 5.32 Å². The molecule has 2 heterocycles. The van der Waals surface area contributed by atoms with E-state index in [0.717, 1.165) is 55.6 Å². The number of benzene rings is 1. The van der Waals surface area contributed by atoms with Gasteiger partial charge in [-0.05, 0) is 5.56 Å². The fourth-order valence-electron chi connectivity index (χ4n) is 6.02. The third kappa shape index (κ3) is 15.9. The van der Waals surface area contributed by atoms with Crippen molar-refractivity contribution in [2.24, 2.45) is 0 Å². The van der Waals surface area contributed by atoms with Gasteiger partial charge in [0.05, 0.1) is 13.7 Å². The lowest BCUT2D eigenvalue weighted by Gasteiger charge is -2.48. The summed E-state index contributed by atoms with van der Waals surface area (Å²) >= 11 is 0. The van der Waals surface area contributed by atoms with E-state index in [2.05, 4.69) is 5.32 Å². The number of nitrogens with one attached hydrogen (secondary N) is 1. The summed E-state index contributed by atoms with van der Waals surface area (Å²) in [6, 6.07) is 7.04. The van der Waals surface area contributed by atoms with Crippen molar-refractivity contribution in [3.63, 3.8) is 0 Å². The van der Waals surface area contributed by atoms with Crippen LogP contribution in [0.3, 0.4) is 0 Å². The van der Waals surface area contributed by atoms with E-state index in [9.17, 15) is 43.2 Å². The van der Waals surface area contributed by atoms with Crippen molar-refractivity contribution < 1.29 is 105 Å². The molecule has 11 atom stereocenters. The Morgan fingerprint density at radius 2 is 1.00 bits per heavy atom. The van der Waals surface area contributed by atoms with Crippen LogP contribution in [0, 0.1) is 0 Å². The molecule has 0 unspecified atom stereocenters. The summed E-state index contributed by atoms with van der Waals surface area (Å²) in [4.78, 5) is 112. The minimum absolute atomic E-state index is 0.162. The second-order valence-electron chi connectivity index (χ2n) is 13.3. The van der Waals surface area contributed by atoms with E-state index in [1.165, 1.54) is 0 Å². The molecule has 1 aromatic rings. The normalized spacial score (nSPS) is 26.2. The molecule has 0 saturated carbocycles. The highest BCUT2D eigenvalue weighted by Crippen LogP contribution is 2.35. The van der Waals surface area contributed by atoms with Crippen LogP contribution in [0.2, 0.25) is 0 Å². The number of carbonyl (C=O) groups is 9. The topological polar surface area (TPSA) is 286 Å². The molecular formula is C38H49NO22. The van der Waals surface area contributed by atoms with Crippen molar-refractivity contribution in [3.05, 3.63) is 35.9 Å². The Balaban J connectivity index is 2.07. The number of hydrogen-bond acceptors (Lipinski definition) is 22.